The summed E-state index contributed by atoms with van der Waals surface area (Å²) in [7, 11) is 2.00. The first-order chi connectivity index (χ1) is 9.81. The predicted octanol–water partition coefficient (Wildman–Crippen LogP) is 1.64. The molecule has 0 saturated carbocycles. The molecule has 0 atom stereocenters. The molecule has 0 N–H and O–H groups in total. The number of ketones is 1. The van der Waals surface area contributed by atoms with Gasteiger partial charge in [0.1, 0.15) is 0 Å². The molecule has 21 heavy (non-hydrogen) atoms. The maximum Gasteiger partial charge on any atom is 0.320 e. The van der Waals surface area contributed by atoms with Crippen LogP contribution in [0, 0.1) is 23.4 Å². The lowest BCUT2D eigenvalue weighted by molar-refractivity contribution is -0.158. The zero-order chi connectivity index (χ0) is 16.2. The van der Waals surface area contributed by atoms with Crippen molar-refractivity contribution in [1.82, 2.24) is 0 Å². The first-order valence-electron chi connectivity index (χ1n) is 5.65. The van der Waals surface area contributed by atoms with Crippen molar-refractivity contribution in [2.24, 2.45) is 5.92 Å². The zero-order valence-electron chi connectivity index (χ0n) is 11.1. The molecule has 0 spiro atoms. The van der Waals surface area contributed by atoms with Gasteiger partial charge in [0, 0.05) is 12.0 Å². The molecule has 0 aliphatic carbocycles. The summed E-state index contributed by atoms with van der Waals surface area (Å²) in [5.41, 5.74) is -0.510. The molecule has 8 heteroatoms. The highest BCUT2D eigenvalue weighted by Gasteiger charge is 2.32. The Morgan fingerprint density at radius 2 is 1.43 bits per heavy atom. The van der Waals surface area contributed by atoms with Crippen LogP contribution in [0.15, 0.2) is 12.1 Å². The molecule has 0 radical (unpaired) electrons. The summed E-state index contributed by atoms with van der Waals surface area (Å²) in [5.74, 6) is -9.38. The SMILES string of the molecule is COC(=O)C(CC(=O)c1cc(F)c(F)c(F)c1)C(=O)OC. The minimum Gasteiger partial charge on any atom is -0.468 e. The fourth-order valence-electron chi connectivity index (χ4n) is 1.57. The van der Waals surface area contributed by atoms with Crippen LogP contribution in [-0.4, -0.2) is 31.9 Å². The van der Waals surface area contributed by atoms with E-state index in [9.17, 15) is 27.6 Å². The molecule has 0 amide bonds. The Morgan fingerprint density at radius 1 is 1.00 bits per heavy atom. The lowest BCUT2D eigenvalue weighted by Gasteiger charge is -2.11. The molecule has 5 nitrogen and oxygen atoms in total. The van der Waals surface area contributed by atoms with E-state index >= 15 is 0 Å². The minimum absolute atomic E-state index is 0.479. The lowest BCUT2D eigenvalue weighted by Crippen LogP contribution is -2.29. The molecule has 0 aliphatic heterocycles. The van der Waals surface area contributed by atoms with Crippen molar-refractivity contribution in [3.63, 3.8) is 0 Å². The first-order valence-corrected chi connectivity index (χ1v) is 5.65. The van der Waals surface area contributed by atoms with Crippen molar-refractivity contribution in [3.05, 3.63) is 35.1 Å². The second-order valence-corrected chi connectivity index (χ2v) is 3.98. The van der Waals surface area contributed by atoms with Crippen molar-refractivity contribution in [2.75, 3.05) is 14.2 Å². The molecule has 0 saturated heterocycles. The van der Waals surface area contributed by atoms with E-state index in [1.165, 1.54) is 0 Å². The third kappa shape index (κ3) is 3.80. The third-order valence-corrected chi connectivity index (χ3v) is 2.67. The fraction of sp³-hybridized carbons (Fsp3) is 0.308. The summed E-state index contributed by atoms with van der Waals surface area (Å²) >= 11 is 0. The maximum atomic E-state index is 13.0. The van der Waals surface area contributed by atoms with Gasteiger partial charge in [0.2, 0.25) is 0 Å². The Bertz CT molecular complexity index is 546. The van der Waals surface area contributed by atoms with Gasteiger partial charge in [-0.05, 0) is 12.1 Å². The van der Waals surface area contributed by atoms with Gasteiger partial charge in [-0.2, -0.15) is 0 Å². The van der Waals surface area contributed by atoms with Gasteiger partial charge in [-0.1, -0.05) is 0 Å². The second kappa shape index (κ2) is 6.87. The van der Waals surface area contributed by atoms with Gasteiger partial charge in [-0.25, -0.2) is 13.2 Å². The van der Waals surface area contributed by atoms with Crippen molar-refractivity contribution < 1.29 is 37.0 Å². The second-order valence-electron chi connectivity index (χ2n) is 3.98. The Labute approximate surface area is 117 Å². The molecular formula is C13H11F3O5. The van der Waals surface area contributed by atoms with Crippen LogP contribution in [0.4, 0.5) is 13.2 Å². The number of Topliss-reactive ketones (excluding diaryl/α,β-unsaturated/α-hetero) is 1. The Balaban J connectivity index is 3.02. The number of rotatable bonds is 5. The predicted molar refractivity (Wildman–Crippen MR) is 62.8 cm³/mol. The van der Waals surface area contributed by atoms with Crippen molar-refractivity contribution in [3.8, 4) is 0 Å². The highest BCUT2D eigenvalue weighted by Crippen LogP contribution is 2.18. The molecule has 0 unspecified atom stereocenters. The molecule has 1 aromatic rings. The average Bonchev–Trinajstić information content (AvgIpc) is 2.47. The summed E-state index contributed by atoms with van der Waals surface area (Å²) < 4.78 is 47.5. The van der Waals surface area contributed by atoms with E-state index < -0.39 is 53.1 Å². The topological polar surface area (TPSA) is 69.7 Å². The van der Waals surface area contributed by atoms with E-state index in [4.69, 9.17) is 0 Å². The average molecular weight is 304 g/mol. The van der Waals surface area contributed by atoms with Gasteiger partial charge in [-0.3, -0.25) is 14.4 Å². The van der Waals surface area contributed by atoms with Crippen LogP contribution in [0.25, 0.3) is 0 Å². The van der Waals surface area contributed by atoms with Crippen LogP contribution < -0.4 is 0 Å². The number of halogens is 3. The van der Waals surface area contributed by atoms with Crippen LogP contribution in [0.2, 0.25) is 0 Å². The number of hydrogen-bond acceptors (Lipinski definition) is 5. The van der Waals surface area contributed by atoms with Gasteiger partial charge in [0.15, 0.2) is 29.2 Å². The minimum atomic E-state index is -1.72. The number of esters is 2. The standard InChI is InChI=1S/C13H11F3O5/c1-20-12(18)7(13(19)21-2)5-10(17)6-3-8(14)11(16)9(15)4-6/h3-4,7H,5H2,1-2H3. The highest BCUT2D eigenvalue weighted by atomic mass is 19.2. The molecule has 0 aromatic heterocycles. The molecule has 1 aromatic carbocycles. The van der Waals surface area contributed by atoms with Crippen LogP contribution in [-0.2, 0) is 19.1 Å². The van der Waals surface area contributed by atoms with Crippen LogP contribution in [0.5, 0.6) is 0 Å². The van der Waals surface area contributed by atoms with Crippen LogP contribution in [0.3, 0.4) is 0 Å². The van der Waals surface area contributed by atoms with Crippen molar-refractivity contribution >= 4 is 17.7 Å². The Hall–Kier alpha value is -2.38. The van der Waals surface area contributed by atoms with Gasteiger partial charge in [-0.15, -0.1) is 0 Å². The van der Waals surface area contributed by atoms with E-state index in [0.717, 1.165) is 14.2 Å². The smallest absolute Gasteiger partial charge is 0.320 e. The van der Waals surface area contributed by atoms with E-state index in [2.05, 4.69) is 9.47 Å². The zero-order valence-corrected chi connectivity index (χ0v) is 11.1. The highest BCUT2D eigenvalue weighted by molar-refractivity contribution is 6.04. The third-order valence-electron chi connectivity index (χ3n) is 2.67. The Morgan fingerprint density at radius 3 is 1.81 bits per heavy atom. The summed E-state index contributed by atoms with van der Waals surface area (Å²) in [4.78, 5) is 34.6. The number of hydrogen-bond donors (Lipinski definition) is 0. The number of benzene rings is 1. The first kappa shape index (κ1) is 16.7. The molecule has 0 fully saturated rings. The molecule has 0 bridgehead atoms. The lowest BCUT2D eigenvalue weighted by atomic mass is 9.98. The van der Waals surface area contributed by atoms with Gasteiger partial charge in [0.25, 0.3) is 0 Å². The van der Waals surface area contributed by atoms with Crippen molar-refractivity contribution in [1.29, 1.82) is 0 Å². The molecule has 1 rings (SSSR count). The summed E-state index contributed by atoms with van der Waals surface area (Å²) in [6.07, 6.45) is -0.718. The van der Waals surface area contributed by atoms with Gasteiger partial charge in [0.05, 0.1) is 14.2 Å². The number of ether oxygens (including phenoxy) is 2. The van der Waals surface area contributed by atoms with E-state index in [0.29, 0.717) is 12.1 Å². The molecular weight excluding hydrogens is 293 g/mol. The molecule has 0 aliphatic rings. The monoisotopic (exact) mass is 304 g/mol. The van der Waals surface area contributed by atoms with E-state index in [-0.39, 0.29) is 0 Å². The number of carbonyl (C=O) groups is 3. The van der Waals surface area contributed by atoms with E-state index in [1.54, 1.807) is 0 Å². The van der Waals surface area contributed by atoms with Gasteiger partial charge < -0.3 is 9.47 Å². The normalized spacial score (nSPS) is 10.4. The summed E-state index contributed by atoms with van der Waals surface area (Å²) in [6, 6.07) is 0.957. The fourth-order valence-corrected chi connectivity index (χ4v) is 1.57. The largest absolute Gasteiger partial charge is 0.468 e. The number of carbonyl (C=O) groups excluding carboxylic acids is 3. The van der Waals surface area contributed by atoms with Crippen LogP contribution in [0.1, 0.15) is 16.8 Å². The molecule has 114 valence electrons. The van der Waals surface area contributed by atoms with E-state index in [1.807, 2.05) is 0 Å². The van der Waals surface area contributed by atoms with Crippen molar-refractivity contribution in [2.45, 2.75) is 6.42 Å². The molecule has 0 heterocycles. The quantitative estimate of drug-likeness (QED) is 0.358. The number of methoxy groups -OCH3 is 2. The summed E-state index contributed by atoms with van der Waals surface area (Å²) in [5, 5.41) is 0. The summed E-state index contributed by atoms with van der Waals surface area (Å²) in [6.45, 7) is 0. The Kier molecular flexibility index (Phi) is 5.45. The maximum absolute atomic E-state index is 13.0. The van der Waals surface area contributed by atoms with Crippen LogP contribution >= 0.6 is 0 Å². The van der Waals surface area contributed by atoms with Gasteiger partial charge >= 0.3 is 11.9 Å².